The van der Waals surface area contributed by atoms with Gasteiger partial charge >= 0.3 is 0 Å². The largest absolute Gasteiger partial charge is 0.349 e. The quantitative estimate of drug-likeness (QED) is 0.664. The molecular weight excluding hydrogens is 272 g/mol. The van der Waals surface area contributed by atoms with Gasteiger partial charge in [0, 0.05) is 22.7 Å². The van der Waals surface area contributed by atoms with Crippen molar-refractivity contribution in [3.8, 4) is 0 Å². The highest BCUT2D eigenvalue weighted by Crippen LogP contribution is 2.23. The van der Waals surface area contributed by atoms with Crippen LogP contribution in [0.5, 0.6) is 0 Å². The molecule has 1 amide bonds. The predicted octanol–water partition coefficient (Wildman–Crippen LogP) is 3.87. The number of carbonyl (C=O) groups is 1. The van der Waals surface area contributed by atoms with Crippen molar-refractivity contribution in [2.24, 2.45) is 0 Å². The Hall–Kier alpha value is -1.35. The first kappa shape index (κ1) is 15.0. The van der Waals surface area contributed by atoms with Gasteiger partial charge in [0.1, 0.15) is 5.15 Å². The molecule has 4 heteroatoms. The zero-order valence-electron chi connectivity index (χ0n) is 12.2. The van der Waals surface area contributed by atoms with Crippen LogP contribution in [0.3, 0.4) is 0 Å². The van der Waals surface area contributed by atoms with Crippen LogP contribution < -0.4 is 5.32 Å². The standard InChI is InChI=1S/C16H21ClN2O/c1-16(2,3)13-9-11(10-14(17)19-13)15(20)18-12-7-5-4-6-8-12/h4-5,9-10,12H,6-8H2,1-3H3,(H,18,20). The van der Waals surface area contributed by atoms with E-state index in [1.807, 2.05) is 6.07 Å². The molecule has 0 radical (unpaired) electrons. The smallest absolute Gasteiger partial charge is 0.251 e. The number of amides is 1. The van der Waals surface area contributed by atoms with Crippen molar-refractivity contribution in [2.45, 2.75) is 51.5 Å². The van der Waals surface area contributed by atoms with E-state index in [2.05, 4.69) is 43.2 Å². The fourth-order valence-corrected chi connectivity index (χ4v) is 2.41. The number of allylic oxidation sites excluding steroid dienone is 1. The van der Waals surface area contributed by atoms with E-state index >= 15 is 0 Å². The Morgan fingerprint density at radius 3 is 2.70 bits per heavy atom. The first-order chi connectivity index (χ1) is 9.36. The van der Waals surface area contributed by atoms with E-state index in [4.69, 9.17) is 11.6 Å². The van der Waals surface area contributed by atoms with Crippen molar-refractivity contribution in [1.29, 1.82) is 0 Å². The molecule has 0 bridgehead atoms. The molecule has 0 spiro atoms. The van der Waals surface area contributed by atoms with Gasteiger partial charge in [0.15, 0.2) is 0 Å². The minimum Gasteiger partial charge on any atom is -0.349 e. The topological polar surface area (TPSA) is 42.0 Å². The third-order valence-corrected chi connectivity index (χ3v) is 3.62. The Labute approximate surface area is 125 Å². The van der Waals surface area contributed by atoms with E-state index in [1.165, 1.54) is 0 Å². The van der Waals surface area contributed by atoms with Crippen LogP contribution in [0, 0.1) is 0 Å². The molecule has 1 atom stereocenters. The molecule has 1 unspecified atom stereocenters. The molecule has 1 aromatic rings. The lowest BCUT2D eigenvalue weighted by atomic mass is 9.90. The fraction of sp³-hybridized carbons (Fsp3) is 0.500. The van der Waals surface area contributed by atoms with Crippen LogP contribution in [-0.2, 0) is 5.41 Å². The molecule has 1 aliphatic rings. The molecule has 3 nitrogen and oxygen atoms in total. The van der Waals surface area contributed by atoms with Crippen LogP contribution in [-0.4, -0.2) is 16.9 Å². The van der Waals surface area contributed by atoms with Gasteiger partial charge < -0.3 is 5.32 Å². The number of pyridine rings is 1. The highest BCUT2D eigenvalue weighted by Gasteiger charge is 2.20. The predicted molar refractivity (Wildman–Crippen MR) is 82.2 cm³/mol. The van der Waals surface area contributed by atoms with Crippen molar-refractivity contribution in [3.05, 3.63) is 40.7 Å². The van der Waals surface area contributed by atoms with E-state index in [0.29, 0.717) is 10.7 Å². The molecule has 108 valence electrons. The summed E-state index contributed by atoms with van der Waals surface area (Å²) in [5.41, 5.74) is 1.29. The minimum atomic E-state index is -0.131. The first-order valence-corrected chi connectivity index (χ1v) is 7.38. The summed E-state index contributed by atoms with van der Waals surface area (Å²) in [4.78, 5) is 16.6. The van der Waals surface area contributed by atoms with Crippen molar-refractivity contribution >= 4 is 17.5 Å². The molecule has 1 aromatic heterocycles. The van der Waals surface area contributed by atoms with Gasteiger partial charge in [-0.3, -0.25) is 4.79 Å². The summed E-state index contributed by atoms with van der Waals surface area (Å²) in [5, 5.41) is 3.43. The van der Waals surface area contributed by atoms with E-state index in [0.717, 1.165) is 25.0 Å². The lowest BCUT2D eigenvalue weighted by molar-refractivity contribution is 0.0934. The Balaban J connectivity index is 2.17. The monoisotopic (exact) mass is 292 g/mol. The molecule has 0 aromatic carbocycles. The van der Waals surface area contributed by atoms with Crippen molar-refractivity contribution < 1.29 is 4.79 Å². The van der Waals surface area contributed by atoms with Crippen molar-refractivity contribution in [3.63, 3.8) is 0 Å². The Kier molecular flexibility index (Phi) is 4.48. The van der Waals surface area contributed by atoms with Crippen LogP contribution in [0.1, 0.15) is 56.1 Å². The number of hydrogen-bond acceptors (Lipinski definition) is 2. The van der Waals surface area contributed by atoms with E-state index in [-0.39, 0.29) is 17.4 Å². The molecule has 20 heavy (non-hydrogen) atoms. The van der Waals surface area contributed by atoms with Gasteiger partial charge in [-0.2, -0.15) is 0 Å². The van der Waals surface area contributed by atoms with Crippen molar-refractivity contribution in [2.75, 3.05) is 0 Å². The first-order valence-electron chi connectivity index (χ1n) is 7.00. The molecule has 2 rings (SSSR count). The average Bonchev–Trinajstić information content (AvgIpc) is 2.38. The fourth-order valence-electron chi connectivity index (χ4n) is 2.21. The highest BCUT2D eigenvalue weighted by atomic mass is 35.5. The van der Waals surface area contributed by atoms with Gasteiger partial charge in [-0.15, -0.1) is 0 Å². The van der Waals surface area contributed by atoms with E-state index in [9.17, 15) is 4.79 Å². The molecule has 0 saturated carbocycles. The maximum Gasteiger partial charge on any atom is 0.251 e. The van der Waals surface area contributed by atoms with Crippen LogP contribution >= 0.6 is 11.6 Å². The summed E-state index contributed by atoms with van der Waals surface area (Å²) in [6, 6.07) is 3.68. The van der Waals surface area contributed by atoms with Crippen molar-refractivity contribution in [1.82, 2.24) is 10.3 Å². The van der Waals surface area contributed by atoms with Crippen LogP contribution in [0.4, 0.5) is 0 Å². The SMILES string of the molecule is CC(C)(C)c1cc(C(=O)NC2CC=CCC2)cc(Cl)n1. The third kappa shape index (κ3) is 3.83. The van der Waals surface area contributed by atoms with Gasteiger partial charge in [-0.25, -0.2) is 4.98 Å². The van der Waals surface area contributed by atoms with Crippen LogP contribution in [0.2, 0.25) is 5.15 Å². The van der Waals surface area contributed by atoms with E-state index < -0.39 is 0 Å². The van der Waals surface area contributed by atoms with Crippen LogP contribution in [0.15, 0.2) is 24.3 Å². The number of nitrogens with one attached hydrogen (secondary N) is 1. The third-order valence-electron chi connectivity index (χ3n) is 3.43. The summed E-state index contributed by atoms with van der Waals surface area (Å²) in [6.45, 7) is 6.16. The van der Waals surface area contributed by atoms with Gasteiger partial charge in [0.05, 0.1) is 0 Å². The van der Waals surface area contributed by atoms with Crippen LogP contribution in [0.25, 0.3) is 0 Å². The normalized spacial score (nSPS) is 18.9. The second-order valence-corrected chi connectivity index (χ2v) is 6.66. The molecule has 1 aliphatic carbocycles. The Morgan fingerprint density at radius 1 is 1.35 bits per heavy atom. The molecule has 1 N–H and O–H groups in total. The molecular formula is C16H21ClN2O. The zero-order chi connectivity index (χ0) is 14.8. The summed E-state index contributed by atoms with van der Waals surface area (Å²) in [6.07, 6.45) is 7.19. The summed E-state index contributed by atoms with van der Waals surface area (Å²) in [5.74, 6) is -0.0694. The molecule has 0 saturated heterocycles. The number of carbonyl (C=O) groups excluding carboxylic acids is 1. The number of aromatic nitrogens is 1. The summed E-state index contributed by atoms with van der Waals surface area (Å²) >= 11 is 6.04. The number of hydrogen-bond donors (Lipinski definition) is 1. The number of rotatable bonds is 2. The van der Waals surface area contributed by atoms with Gasteiger partial charge in [0.2, 0.25) is 0 Å². The second kappa shape index (κ2) is 5.96. The maximum absolute atomic E-state index is 12.3. The summed E-state index contributed by atoms with van der Waals surface area (Å²) in [7, 11) is 0. The Bertz CT molecular complexity index is 532. The maximum atomic E-state index is 12.3. The lowest BCUT2D eigenvalue weighted by Crippen LogP contribution is -2.35. The zero-order valence-corrected chi connectivity index (χ0v) is 13.0. The number of nitrogens with zero attached hydrogens (tertiary/aromatic N) is 1. The molecule has 1 heterocycles. The Morgan fingerprint density at radius 2 is 2.10 bits per heavy atom. The van der Waals surface area contributed by atoms with Gasteiger partial charge in [-0.05, 0) is 31.4 Å². The van der Waals surface area contributed by atoms with E-state index in [1.54, 1.807) is 6.07 Å². The average molecular weight is 293 g/mol. The summed E-state index contributed by atoms with van der Waals surface area (Å²) < 4.78 is 0. The van der Waals surface area contributed by atoms with Gasteiger partial charge in [0.25, 0.3) is 5.91 Å². The number of halogens is 1. The molecule has 0 aliphatic heterocycles. The highest BCUT2D eigenvalue weighted by molar-refractivity contribution is 6.29. The molecule has 0 fully saturated rings. The second-order valence-electron chi connectivity index (χ2n) is 6.27. The minimum absolute atomic E-state index is 0.0694. The lowest BCUT2D eigenvalue weighted by Gasteiger charge is -2.21. The van der Waals surface area contributed by atoms with Gasteiger partial charge in [-0.1, -0.05) is 44.5 Å².